The van der Waals surface area contributed by atoms with Gasteiger partial charge < -0.3 is 9.84 Å². The minimum absolute atomic E-state index is 0.00692. The molecule has 0 spiro atoms. The van der Waals surface area contributed by atoms with Crippen molar-refractivity contribution in [2.75, 3.05) is 0 Å². The first-order valence-electron chi connectivity index (χ1n) is 5.34. The number of aryl methyl sites for hydroxylation is 1. The Labute approximate surface area is 117 Å². The molecule has 0 aliphatic rings. The van der Waals surface area contributed by atoms with Crippen molar-refractivity contribution in [2.24, 2.45) is 0 Å². The Morgan fingerprint density at radius 2 is 2.05 bits per heavy atom. The van der Waals surface area contributed by atoms with Crippen LogP contribution in [0.4, 0.5) is 0 Å². The molecule has 0 unspecified atom stereocenters. The standard InChI is InChI=1S/C12H10BrN3O3/c1-6-7(2)15-16-11(10(6)12(17)18)19-9-3-8(13)4-14-5-9/h3-5H,1-2H3,(H,17,18). The van der Waals surface area contributed by atoms with E-state index in [2.05, 4.69) is 31.1 Å². The first-order valence-corrected chi connectivity index (χ1v) is 6.14. The fourth-order valence-corrected chi connectivity index (χ4v) is 1.81. The number of nitrogens with zero attached hydrogens (tertiary/aromatic N) is 3. The average Bonchev–Trinajstić information content (AvgIpc) is 2.33. The zero-order chi connectivity index (χ0) is 14.0. The second-order valence-electron chi connectivity index (χ2n) is 3.84. The van der Waals surface area contributed by atoms with Gasteiger partial charge in [-0.05, 0) is 41.4 Å². The van der Waals surface area contributed by atoms with Gasteiger partial charge in [-0.2, -0.15) is 5.10 Å². The third-order valence-corrected chi connectivity index (χ3v) is 2.96. The van der Waals surface area contributed by atoms with Crippen LogP contribution < -0.4 is 4.74 Å². The normalized spacial score (nSPS) is 10.3. The predicted molar refractivity (Wildman–Crippen MR) is 70.5 cm³/mol. The van der Waals surface area contributed by atoms with Crippen LogP contribution in [-0.2, 0) is 0 Å². The molecule has 2 aromatic heterocycles. The summed E-state index contributed by atoms with van der Waals surface area (Å²) in [5, 5.41) is 16.9. The summed E-state index contributed by atoms with van der Waals surface area (Å²) < 4.78 is 6.16. The van der Waals surface area contributed by atoms with Crippen LogP contribution in [0.2, 0.25) is 0 Å². The number of hydrogen-bond acceptors (Lipinski definition) is 5. The summed E-state index contributed by atoms with van der Waals surface area (Å²) in [7, 11) is 0. The molecule has 2 heterocycles. The maximum Gasteiger partial charge on any atom is 0.341 e. The van der Waals surface area contributed by atoms with Crippen LogP contribution in [0.3, 0.4) is 0 Å². The molecule has 0 aliphatic heterocycles. The highest BCUT2D eigenvalue weighted by molar-refractivity contribution is 9.10. The molecule has 0 saturated heterocycles. The first-order chi connectivity index (χ1) is 8.99. The van der Waals surface area contributed by atoms with E-state index in [0.29, 0.717) is 17.0 Å². The topological polar surface area (TPSA) is 85.2 Å². The fraction of sp³-hybridized carbons (Fsp3) is 0.167. The Hall–Kier alpha value is -2.02. The summed E-state index contributed by atoms with van der Waals surface area (Å²) in [6.07, 6.45) is 3.06. The number of aromatic nitrogens is 3. The van der Waals surface area contributed by atoms with E-state index in [9.17, 15) is 9.90 Å². The second kappa shape index (κ2) is 5.31. The van der Waals surface area contributed by atoms with Crippen LogP contribution in [0.15, 0.2) is 22.9 Å². The van der Waals surface area contributed by atoms with Crippen LogP contribution in [0.1, 0.15) is 21.6 Å². The molecule has 0 aromatic carbocycles. The molecule has 6 nitrogen and oxygen atoms in total. The lowest BCUT2D eigenvalue weighted by atomic mass is 10.1. The third-order valence-electron chi connectivity index (χ3n) is 2.53. The van der Waals surface area contributed by atoms with E-state index in [1.165, 1.54) is 6.20 Å². The Balaban J connectivity index is 2.46. The molecule has 0 atom stereocenters. The predicted octanol–water partition coefficient (Wildman–Crippen LogP) is 2.74. The number of pyridine rings is 1. The van der Waals surface area contributed by atoms with Gasteiger partial charge in [-0.1, -0.05) is 0 Å². The van der Waals surface area contributed by atoms with Gasteiger partial charge in [0, 0.05) is 10.7 Å². The van der Waals surface area contributed by atoms with Crippen LogP contribution in [0.5, 0.6) is 11.6 Å². The quantitative estimate of drug-likeness (QED) is 0.934. The van der Waals surface area contributed by atoms with Gasteiger partial charge in [0.15, 0.2) is 0 Å². The average molecular weight is 324 g/mol. The Morgan fingerprint density at radius 3 is 2.68 bits per heavy atom. The number of ether oxygens (including phenoxy) is 1. The molecule has 0 aliphatic carbocycles. The Bertz CT molecular complexity index is 646. The summed E-state index contributed by atoms with van der Waals surface area (Å²) in [6, 6.07) is 1.66. The summed E-state index contributed by atoms with van der Waals surface area (Å²) in [4.78, 5) is 15.2. The summed E-state index contributed by atoms with van der Waals surface area (Å²) in [5.74, 6) is -0.765. The molecule has 98 valence electrons. The molecule has 2 rings (SSSR count). The molecule has 0 bridgehead atoms. The van der Waals surface area contributed by atoms with Gasteiger partial charge in [0.2, 0.25) is 0 Å². The molecule has 0 fully saturated rings. The van der Waals surface area contributed by atoms with Gasteiger partial charge >= 0.3 is 5.97 Å². The van der Waals surface area contributed by atoms with Gasteiger partial charge in [0.05, 0.1) is 11.9 Å². The molecule has 19 heavy (non-hydrogen) atoms. The zero-order valence-electron chi connectivity index (χ0n) is 10.2. The number of carboxylic acid groups (broad SMARTS) is 1. The van der Waals surface area contributed by atoms with Crippen molar-refractivity contribution in [1.82, 2.24) is 15.2 Å². The van der Waals surface area contributed by atoms with Crippen LogP contribution in [0.25, 0.3) is 0 Å². The molecular formula is C12H10BrN3O3. The van der Waals surface area contributed by atoms with Crippen molar-refractivity contribution in [3.63, 3.8) is 0 Å². The maximum absolute atomic E-state index is 11.3. The third kappa shape index (κ3) is 2.87. The second-order valence-corrected chi connectivity index (χ2v) is 4.75. The minimum atomic E-state index is -1.10. The van der Waals surface area contributed by atoms with Crippen molar-refractivity contribution in [3.05, 3.63) is 39.8 Å². The van der Waals surface area contributed by atoms with Crippen LogP contribution in [-0.4, -0.2) is 26.3 Å². The fourth-order valence-electron chi connectivity index (χ4n) is 1.47. The Kier molecular flexibility index (Phi) is 3.75. The highest BCUT2D eigenvalue weighted by atomic mass is 79.9. The van der Waals surface area contributed by atoms with Crippen molar-refractivity contribution in [2.45, 2.75) is 13.8 Å². The van der Waals surface area contributed by atoms with Crippen molar-refractivity contribution in [1.29, 1.82) is 0 Å². The summed E-state index contributed by atoms with van der Waals surface area (Å²) in [6.45, 7) is 3.36. The molecule has 2 aromatic rings. The largest absolute Gasteiger partial charge is 0.477 e. The van der Waals surface area contributed by atoms with Gasteiger partial charge in [-0.15, -0.1) is 5.10 Å². The smallest absolute Gasteiger partial charge is 0.341 e. The molecule has 0 saturated carbocycles. The monoisotopic (exact) mass is 323 g/mol. The molecular weight excluding hydrogens is 314 g/mol. The molecule has 0 amide bonds. The number of rotatable bonds is 3. The minimum Gasteiger partial charge on any atom is -0.477 e. The van der Waals surface area contributed by atoms with Gasteiger partial charge in [0.25, 0.3) is 5.88 Å². The lowest BCUT2D eigenvalue weighted by molar-refractivity contribution is 0.0692. The summed E-state index contributed by atoms with van der Waals surface area (Å²) in [5.41, 5.74) is 1.09. The Morgan fingerprint density at radius 1 is 1.32 bits per heavy atom. The van der Waals surface area contributed by atoms with E-state index in [0.717, 1.165) is 4.47 Å². The first kappa shape index (κ1) is 13.4. The number of carboxylic acids is 1. The van der Waals surface area contributed by atoms with E-state index in [-0.39, 0.29) is 11.4 Å². The lowest BCUT2D eigenvalue weighted by Gasteiger charge is -2.10. The number of hydrogen-bond donors (Lipinski definition) is 1. The lowest BCUT2D eigenvalue weighted by Crippen LogP contribution is -2.08. The molecule has 1 N–H and O–H groups in total. The van der Waals surface area contributed by atoms with E-state index in [1.54, 1.807) is 26.1 Å². The highest BCUT2D eigenvalue weighted by Gasteiger charge is 2.19. The zero-order valence-corrected chi connectivity index (χ0v) is 11.8. The molecule has 7 heteroatoms. The van der Waals surface area contributed by atoms with Gasteiger partial charge in [-0.25, -0.2) is 4.79 Å². The number of aromatic carboxylic acids is 1. The maximum atomic E-state index is 11.3. The van der Waals surface area contributed by atoms with Gasteiger partial charge in [0.1, 0.15) is 11.3 Å². The number of halogens is 1. The van der Waals surface area contributed by atoms with E-state index in [1.807, 2.05) is 0 Å². The van der Waals surface area contributed by atoms with Crippen LogP contribution in [0, 0.1) is 13.8 Å². The van der Waals surface area contributed by atoms with Crippen molar-refractivity contribution >= 4 is 21.9 Å². The van der Waals surface area contributed by atoms with Crippen molar-refractivity contribution in [3.8, 4) is 11.6 Å². The van der Waals surface area contributed by atoms with E-state index in [4.69, 9.17) is 4.74 Å². The van der Waals surface area contributed by atoms with Gasteiger partial charge in [-0.3, -0.25) is 4.98 Å². The molecule has 0 radical (unpaired) electrons. The van der Waals surface area contributed by atoms with E-state index < -0.39 is 5.97 Å². The summed E-state index contributed by atoms with van der Waals surface area (Å²) >= 11 is 3.25. The van der Waals surface area contributed by atoms with Crippen molar-refractivity contribution < 1.29 is 14.6 Å². The highest BCUT2D eigenvalue weighted by Crippen LogP contribution is 2.26. The van der Waals surface area contributed by atoms with E-state index >= 15 is 0 Å². The number of carbonyl (C=O) groups is 1. The van der Waals surface area contributed by atoms with Crippen LogP contribution >= 0.6 is 15.9 Å². The SMILES string of the molecule is Cc1nnc(Oc2cncc(Br)c2)c(C(=O)O)c1C.